The first-order chi connectivity index (χ1) is 18.4. The Labute approximate surface area is 224 Å². The Morgan fingerprint density at radius 2 is 2.00 bits per heavy atom. The summed E-state index contributed by atoms with van der Waals surface area (Å²) in [5.41, 5.74) is 4.67. The molecule has 1 aliphatic heterocycles. The zero-order valence-corrected chi connectivity index (χ0v) is 22.7. The van der Waals surface area contributed by atoms with E-state index in [9.17, 15) is 9.35 Å². The molecule has 10 nitrogen and oxygen atoms in total. The van der Waals surface area contributed by atoms with Crippen molar-refractivity contribution in [3.05, 3.63) is 57.0 Å². The molecule has 0 aromatic carbocycles. The Hall–Kier alpha value is -3.31. The lowest BCUT2D eigenvalue weighted by Crippen LogP contribution is -2.31. The first-order valence-electron chi connectivity index (χ1n) is 13.3. The van der Waals surface area contributed by atoms with Crippen molar-refractivity contribution >= 4 is 28.2 Å². The molecule has 3 aromatic rings. The van der Waals surface area contributed by atoms with E-state index in [1.807, 2.05) is 26.0 Å². The van der Waals surface area contributed by atoms with Crippen LogP contribution in [0.15, 0.2) is 40.1 Å². The van der Waals surface area contributed by atoms with Crippen LogP contribution in [0.1, 0.15) is 62.9 Å². The first-order valence-corrected chi connectivity index (χ1v) is 14.6. The minimum Gasteiger partial charge on any atom is -0.610 e. The highest BCUT2D eigenvalue weighted by atomic mass is 32.2. The lowest BCUT2D eigenvalue weighted by Gasteiger charge is -2.20. The van der Waals surface area contributed by atoms with E-state index in [0.29, 0.717) is 47.7 Å². The summed E-state index contributed by atoms with van der Waals surface area (Å²) in [4.78, 5) is 37.0. The molecule has 38 heavy (non-hydrogen) atoms. The van der Waals surface area contributed by atoms with E-state index in [1.165, 1.54) is 0 Å². The highest BCUT2D eigenvalue weighted by Crippen LogP contribution is 2.43. The van der Waals surface area contributed by atoms with Crippen molar-refractivity contribution in [3.8, 4) is 11.4 Å². The van der Waals surface area contributed by atoms with Gasteiger partial charge in [0.2, 0.25) is 5.03 Å². The first kappa shape index (κ1) is 25.0. The number of fused-ring (bicyclic) bond motifs is 1. The van der Waals surface area contributed by atoms with Gasteiger partial charge in [-0.3, -0.25) is 9.36 Å². The second-order valence-electron chi connectivity index (χ2n) is 10.3. The summed E-state index contributed by atoms with van der Waals surface area (Å²) in [5.74, 6) is 2.26. The van der Waals surface area contributed by atoms with Gasteiger partial charge in [-0.1, -0.05) is 6.08 Å². The van der Waals surface area contributed by atoms with Crippen molar-refractivity contribution in [1.82, 2.24) is 34.8 Å². The largest absolute Gasteiger partial charge is 0.610 e. The number of nitrogens with one attached hydrogen (secondary N) is 2. The molecule has 0 saturated heterocycles. The second kappa shape index (κ2) is 10.1. The fraction of sp³-hybridized carbons (Fsp3) is 0.481. The van der Waals surface area contributed by atoms with Gasteiger partial charge in [0.25, 0.3) is 5.56 Å². The van der Waals surface area contributed by atoms with Crippen LogP contribution in [0.5, 0.6) is 0 Å². The van der Waals surface area contributed by atoms with Crippen LogP contribution < -0.4 is 16.2 Å². The third-order valence-electron chi connectivity index (χ3n) is 7.55. The summed E-state index contributed by atoms with van der Waals surface area (Å²) < 4.78 is 13.8. The van der Waals surface area contributed by atoms with Gasteiger partial charge < -0.3 is 15.2 Å². The molecule has 2 unspecified atom stereocenters. The van der Waals surface area contributed by atoms with Crippen molar-refractivity contribution < 1.29 is 4.55 Å². The summed E-state index contributed by atoms with van der Waals surface area (Å²) in [5, 5.41) is 7.19. The predicted molar refractivity (Wildman–Crippen MR) is 148 cm³/mol. The maximum Gasteiger partial charge on any atom is 0.295 e. The lowest BCUT2D eigenvalue weighted by atomic mass is 10.1. The molecule has 0 spiro atoms. The number of aryl methyl sites for hydroxylation is 1. The van der Waals surface area contributed by atoms with Crippen molar-refractivity contribution in [1.29, 1.82) is 0 Å². The van der Waals surface area contributed by atoms with Crippen LogP contribution in [0.4, 0.5) is 5.82 Å². The highest BCUT2D eigenvalue weighted by Gasteiger charge is 2.33. The van der Waals surface area contributed by atoms with Crippen molar-refractivity contribution in [2.24, 2.45) is 5.92 Å². The standard InChI is InChI=1S/C27H32N8O2S/c1-4-38(37)21-10-5-17(11-28-21)12-29-25-27(36)35(16(3)18-6-7-18)26-20(33-25)13-30-24(34-26)22-15(2)31-14-32-23(22)19-8-9-19/h5,10,13-14,16,18-19,28H,4,6-9,11-12H2,1-3H3,(H,29,33). The fourth-order valence-electron chi connectivity index (χ4n) is 4.98. The number of hydrogen-bond acceptors (Lipinski definition) is 9. The number of anilines is 1. The molecule has 0 radical (unpaired) electrons. The Morgan fingerprint density at radius 3 is 2.68 bits per heavy atom. The van der Waals surface area contributed by atoms with Gasteiger partial charge >= 0.3 is 0 Å². The number of nitrogens with zero attached hydrogens (tertiary/aromatic N) is 6. The van der Waals surface area contributed by atoms with E-state index in [0.717, 1.165) is 53.2 Å². The molecule has 198 valence electrons. The summed E-state index contributed by atoms with van der Waals surface area (Å²) in [6.07, 6.45) is 11.5. The van der Waals surface area contributed by atoms with E-state index >= 15 is 0 Å². The van der Waals surface area contributed by atoms with Gasteiger partial charge in [-0.25, -0.2) is 24.9 Å². The quantitative estimate of drug-likeness (QED) is 0.398. The average molecular weight is 533 g/mol. The molecular weight excluding hydrogens is 500 g/mol. The third kappa shape index (κ3) is 4.80. The van der Waals surface area contributed by atoms with Crippen LogP contribution in [0.3, 0.4) is 0 Å². The van der Waals surface area contributed by atoms with Crippen LogP contribution in [-0.4, -0.2) is 52.9 Å². The van der Waals surface area contributed by atoms with Gasteiger partial charge in [0.1, 0.15) is 17.6 Å². The van der Waals surface area contributed by atoms with Crippen LogP contribution in [0.2, 0.25) is 0 Å². The third-order valence-corrected chi connectivity index (χ3v) is 8.84. The Kier molecular flexibility index (Phi) is 6.65. The second-order valence-corrected chi connectivity index (χ2v) is 12.0. The van der Waals surface area contributed by atoms with Gasteiger partial charge in [-0.15, -0.1) is 0 Å². The monoisotopic (exact) mass is 532 g/mol. The molecular formula is C27H32N8O2S. The molecule has 4 heterocycles. The molecule has 11 heteroatoms. The highest BCUT2D eigenvalue weighted by molar-refractivity contribution is 7.95. The van der Waals surface area contributed by atoms with E-state index < -0.39 is 11.2 Å². The molecule has 0 bridgehead atoms. The Balaban J connectivity index is 1.37. The zero-order valence-electron chi connectivity index (χ0n) is 21.9. The number of allylic oxidation sites excluding steroid dienone is 2. The molecule has 2 N–H and O–H groups in total. The van der Waals surface area contributed by atoms with Crippen molar-refractivity contribution in [2.45, 2.75) is 58.4 Å². The molecule has 3 aliphatic rings. The summed E-state index contributed by atoms with van der Waals surface area (Å²) in [6, 6.07) is -0.00241. The Bertz CT molecular complexity index is 1510. The summed E-state index contributed by atoms with van der Waals surface area (Å²) in [6.45, 7) is 6.95. The number of rotatable bonds is 9. The summed E-state index contributed by atoms with van der Waals surface area (Å²) >= 11 is -1.02. The predicted octanol–water partition coefficient (Wildman–Crippen LogP) is 3.35. The van der Waals surface area contributed by atoms with Gasteiger partial charge in [0.15, 0.2) is 17.3 Å². The SMILES string of the molecule is CC[S+]([O-])C1=CC=C(CNc2nc3cnc(-c4c(C)ncnc4C4CC4)nc3n(C(C)C3CC3)c2=O)CN1. The minimum absolute atomic E-state index is 0.00241. The molecule has 2 atom stereocenters. The van der Waals surface area contributed by atoms with Crippen molar-refractivity contribution in [2.75, 3.05) is 24.2 Å². The number of dihydropyridines is 1. The lowest BCUT2D eigenvalue weighted by molar-refractivity contribution is 0.483. The fourth-order valence-corrected chi connectivity index (χ4v) is 5.75. The smallest absolute Gasteiger partial charge is 0.295 e. The van der Waals surface area contributed by atoms with Crippen LogP contribution in [0, 0.1) is 12.8 Å². The average Bonchev–Trinajstić information content (AvgIpc) is 3.84. The molecule has 6 rings (SSSR count). The van der Waals surface area contributed by atoms with E-state index in [4.69, 9.17) is 4.98 Å². The van der Waals surface area contributed by atoms with Crippen LogP contribution >= 0.6 is 0 Å². The van der Waals surface area contributed by atoms with Crippen LogP contribution in [0.25, 0.3) is 22.6 Å². The van der Waals surface area contributed by atoms with Gasteiger partial charge in [0, 0.05) is 42.3 Å². The minimum atomic E-state index is -1.02. The van der Waals surface area contributed by atoms with E-state index in [1.54, 1.807) is 17.1 Å². The maximum absolute atomic E-state index is 13.8. The van der Waals surface area contributed by atoms with Crippen molar-refractivity contribution in [3.63, 3.8) is 0 Å². The molecule has 0 amide bonds. The van der Waals surface area contributed by atoms with Gasteiger partial charge in [-0.2, -0.15) is 0 Å². The molecule has 3 aromatic heterocycles. The normalized spacial score (nSPS) is 18.9. The molecule has 2 saturated carbocycles. The summed E-state index contributed by atoms with van der Waals surface area (Å²) in [7, 11) is 0. The van der Waals surface area contributed by atoms with E-state index in [2.05, 4.69) is 37.5 Å². The van der Waals surface area contributed by atoms with Crippen LogP contribution in [-0.2, 0) is 11.2 Å². The molecule has 2 aliphatic carbocycles. The Morgan fingerprint density at radius 1 is 1.18 bits per heavy atom. The molecule has 2 fully saturated rings. The zero-order chi connectivity index (χ0) is 26.4. The van der Waals surface area contributed by atoms with E-state index in [-0.39, 0.29) is 17.4 Å². The van der Waals surface area contributed by atoms with Gasteiger partial charge in [0.05, 0.1) is 23.1 Å². The maximum atomic E-state index is 13.8. The topological polar surface area (TPSA) is 134 Å². The number of hydrogen-bond donors (Lipinski definition) is 2. The van der Waals surface area contributed by atoms with Gasteiger partial charge in [-0.05, 0) is 57.9 Å². The number of aromatic nitrogens is 6.